The first-order valence-corrected chi connectivity index (χ1v) is 11.4. The minimum absolute atomic E-state index is 0.0952. The molecule has 2 heterocycles. The van der Waals surface area contributed by atoms with Crippen LogP contribution in [0.5, 0.6) is 5.75 Å². The first-order valence-electron chi connectivity index (χ1n) is 11.4. The Bertz CT molecular complexity index is 922. The molecule has 1 aromatic carbocycles. The fourth-order valence-electron chi connectivity index (χ4n) is 4.11. The Morgan fingerprint density at radius 1 is 0.938 bits per heavy atom. The van der Waals surface area contributed by atoms with Crippen LogP contribution in [0.25, 0.3) is 0 Å². The van der Waals surface area contributed by atoms with E-state index in [-0.39, 0.29) is 22.6 Å². The highest BCUT2D eigenvalue weighted by atomic mass is 16.3. The molecule has 3 rings (SSSR count). The molecule has 0 bridgehead atoms. The predicted octanol–water partition coefficient (Wildman–Crippen LogP) is 4.50. The monoisotopic (exact) mass is 440 g/mol. The van der Waals surface area contributed by atoms with Gasteiger partial charge in [0.2, 0.25) is 5.91 Å². The number of hydrogen-bond donors (Lipinski definition) is 1. The van der Waals surface area contributed by atoms with Gasteiger partial charge >= 0.3 is 0 Å². The van der Waals surface area contributed by atoms with Crippen LogP contribution in [0.15, 0.2) is 34.9 Å². The van der Waals surface area contributed by atoms with Gasteiger partial charge in [-0.05, 0) is 46.1 Å². The summed E-state index contributed by atoms with van der Waals surface area (Å²) in [6, 6.07) is 7.44. The number of furan rings is 1. The van der Waals surface area contributed by atoms with Gasteiger partial charge in [-0.25, -0.2) is 0 Å². The number of amides is 2. The zero-order chi connectivity index (χ0) is 23.7. The van der Waals surface area contributed by atoms with Gasteiger partial charge in [-0.3, -0.25) is 9.59 Å². The molecule has 0 aliphatic carbocycles. The Morgan fingerprint density at radius 2 is 1.47 bits per heavy atom. The number of rotatable bonds is 4. The molecule has 0 atom stereocenters. The number of benzene rings is 1. The zero-order valence-corrected chi connectivity index (χ0v) is 20.2. The van der Waals surface area contributed by atoms with Gasteiger partial charge in [0.15, 0.2) is 5.76 Å². The van der Waals surface area contributed by atoms with E-state index in [1.165, 1.54) is 6.26 Å². The van der Waals surface area contributed by atoms with E-state index in [0.29, 0.717) is 50.5 Å². The summed E-state index contributed by atoms with van der Waals surface area (Å²) in [4.78, 5) is 28.8. The number of phenolic OH excluding ortho intramolecular Hbond substituents is 1. The van der Waals surface area contributed by atoms with Crippen molar-refractivity contribution in [2.75, 3.05) is 26.2 Å². The molecule has 0 saturated carbocycles. The van der Waals surface area contributed by atoms with E-state index in [1.807, 2.05) is 17.0 Å². The van der Waals surface area contributed by atoms with Gasteiger partial charge in [0.05, 0.1) is 6.26 Å². The third kappa shape index (κ3) is 5.34. The topological polar surface area (TPSA) is 74.0 Å². The van der Waals surface area contributed by atoms with Crippen molar-refractivity contribution in [2.24, 2.45) is 0 Å². The van der Waals surface area contributed by atoms with Crippen LogP contribution in [0, 0.1) is 0 Å². The van der Waals surface area contributed by atoms with Gasteiger partial charge in [0.1, 0.15) is 5.75 Å². The molecule has 2 amide bonds. The summed E-state index contributed by atoms with van der Waals surface area (Å²) in [7, 11) is 0. The van der Waals surface area contributed by atoms with Crippen molar-refractivity contribution in [3.05, 3.63) is 53.0 Å². The average molecular weight is 441 g/mol. The molecule has 0 unspecified atom stereocenters. The highest BCUT2D eigenvalue weighted by molar-refractivity contribution is 5.91. The standard InChI is InChI=1S/C26H36N2O4/c1-25(2,3)19-16-18(17-20(23(19)30)26(4,5)6)9-10-22(29)27-11-13-28(14-12-27)24(31)21-8-7-15-32-21/h7-8,15-17,30H,9-14H2,1-6H3. The maximum absolute atomic E-state index is 12.9. The second-order valence-corrected chi connectivity index (χ2v) is 10.7. The van der Waals surface area contributed by atoms with Crippen LogP contribution in [-0.4, -0.2) is 52.9 Å². The molecule has 1 aliphatic heterocycles. The van der Waals surface area contributed by atoms with Crippen molar-refractivity contribution < 1.29 is 19.1 Å². The molecule has 0 radical (unpaired) electrons. The smallest absolute Gasteiger partial charge is 0.289 e. The lowest BCUT2D eigenvalue weighted by molar-refractivity contribution is -0.132. The number of aromatic hydroxyl groups is 1. The summed E-state index contributed by atoms with van der Waals surface area (Å²) in [5.41, 5.74) is 2.51. The van der Waals surface area contributed by atoms with E-state index in [4.69, 9.17) is 4.42 Å². The number of nitrogens with zero attached hydrogens (tertiary/aromatic N) is 2. The van der Waals surface area contributed by atoms with Gasteiger partial charge in [-0.1, -0.05) is 53.7 Å². The van der Waals surface area contributed by atoms with Crippen molar-refractivity contribution >= 4 is 11.8 Å². The fraction of sp³-hybridized carbons (Fsp3) is 0.538. The molecular formula is C26H36N2O4. The highest BCUT2D eigenvalue weighted by Crippen LogP contribution is 2.40. The van der Waals surface area contributed by atoms with E-state index >= 15 is 0 Å². The zero-order valence-electron chi connectivity index (χ0n) is 20.2. The summed E-state index contributed by atoms with van der Waals surface area (Å²) in [6.45, 7) is 14.6. The molecule has 6 nitrogen and oxygen atoms in total. The van der Waals surface area contributed by atoms with Gasteiger partial charge < -0.3 is 19.3 Å². The maximum Gasteiger partial charge on any atom is 0.289 e. The Morgan fingerprint density at radius 3 is 1.94 bits per heavy atom. The van der Waals surface area contributed by atoms with E-state index < -0.39 is 0 Å². The Labute approximate surface area is 191 Å². The normalized spacial score (nSPS) is 15.2. The second kappa shape index (κ2) is 9.00. The molecule has 1 aliphatic rings. The summed E-state index contributed by atoms with van der Waals surface area (Å²) in [5.74, 6) is 0.659. The van der Waals surface area contributed by atoms with Crippen LogP contribution in [0.3, 0.4) is 0 Å². The van der Waals surface area contributed by atoms with Crippen LogP contribution in [0.1, 0.15) is 75.2 Å². The lowest BCUT2D eigenvalue weighted by Crippen LogP contribution is -2.50. The number of aryl methyl sites for hydroxylation is 1. The molecule has 1 fully saturated rings. The number of phenols is 1. The first-order chi connectivity index (χ1) is 14.9. The Kier molecular flexibility index (Phi) is 6.72. The van der Waals surface area contributed by atoms with Crippen LogP contribution in [-0.2, 0) is 22.0 Å². The third-order valence-electron chi connectivity index (χ3n) is 6.06. The molecule has 1 saturated heterocycles. The maximum atomic E-state index is 12.9. The predicted molar refractivity (Wildman–Crippen MR) is 125 cm³/mol. The van der Waals surface area contributed by atoms with Crippen LogP contribution in [0.4, 0.5) is 0 Å². The van der Waals surface area contributed by atoms with Crippen molar-refractivity contribution in [2.45, 2.75) is 65.2 Å². The van der Waals surface area contributed by atoms with Crippen molar-refractivity contribution in [3.8, 4) is 5.75 Å². The van der Waals surface area contributed by atoms with E-state index in [2.05, 4.69) is 41.5 Å². The minimum atomic E-state index is -0.193. The highest BCUT2D eigenvalue weighted by Gasteiger charge is 2.28. The number of carbonyl (C=O) groups excluding carboxylic acids is 2. The van der Waals surface area contributed by atoms with Gasteiger partial charge in [-0.2, -0.15) is 0 Å². The van der Waals surface area contributed by atoms with Gasteiger partial charge in [-0.15, -0.1) is 0 Å². The summed E-state index contributed by atoms with van der Waals surface area (Å²) in [6.07, 6.45) is 2.52. The first kappa shape index (κ1) is 23.9. The van der Waals surface area contributed by atoms with Crippen LogP contribution < -0.4 is 0 Å². The summed E-state index contributed by atoms with van der Waals surface area (Å²) in [5, 5.41) is 10.9. The molecular weight excluding hydrogens is 404 g/mol. The molecule has 1 aromatic heterocycles. The quantitative estimate of drug-likeness (QED) is 0.760. The molecule has 174 valence electrons. The molecule has 1 N–H and O–H groups in total. The van der Waals surface area contributed by atoms with Crippen LogP contribution >= 0.6 is 0 Å². The third-order valence-corrected chi connectivity index (χ3v) is 6.06. The number of hydrogen-bond acceptors (Lipinski definition) is 4. The minimum Gasteiger partial charge on any atom is -0.507 e. The lowest BCUT2D eigenvalue weighted by atomic mass is 9.78. The van der Waals surface area contributed by atoms with Gasteiger partial charge in [0.25, 0.3) is 5.91 Å². The largest absolute Gasteiger partial charge is 0.507 e. The molecule has 0 spiro atoms. The van der Waals surface area contributed by atoms with E-state index in [1.54, 1.807) is 17.0 Å². The SMILES string of the molecule is CC(C)(C)c1cc(CCC(=O)N2CCN(C(=O)c3ccco3)CC2)cc(C(C)(C)C)c1O. The molecule has 32 heavy (non-hydrogen) atoms. The van der Waals surface area contributed by atoms with Gasteiger partial charge in [0, 0.05) is 32.6 Å². The Balaban J connectivity index is 1.64. The second-order valence-electron chi connectivity index (χ2n) is 10.7. The average Bonchev–Trinajstić information content (AvgIpc) is 3.25. The Hall–Kier alpha value is -2.76. The van der Waals surface area contributed by atoms with Crippen molar-refractivity contribution in [1.82, 2.24) is 9.80 Å². The molecule has 6 heteroatoms. The lowest BCUT2D eigenvalue weighted by Gasteiger charge is -2.34. The number of carbonyl (C=O) groups is 2. The fourth-order valence-corrected chi connectivity index (χ4v) is 4.11. The van der Waals surface area contributed by atoms with Crippen molar-refractivity contribution in [1.29, 1.82) is 0 Å². The summed E-state index contributed by atoms with van der Waals surface area (Å²) < 4.78 is 5.20. The summed E-state index contributed by atoms with van der Waals surface area (Å²) >= 11 is 0. The molecule has 2 aromatic rings. The van der Waals surface area contributed by atoms with Crippen molar-refractivity contribution in [3.63, 3.8) is 0 Å². The van der Waals surface area contributed by atoms with E-state index in [0.717, 1.165) is 16.7 Å². The number of piperazine rings is 1. The van der Waals surface area contributed by atoms with Crippen LogP contribution in [0.2, 0.25) is 0 Å². The van der Waals surface area contributed by atoms with E-state index in [9.17, 15) is 14.7 Å².